The van der Waals surface area contributed by atoms with Gasteiger partial charge in [-0.3, -0.25) is 0 Å². The van der Waals surface area contributed by atoms with Crippen LogP contribution >= 0.6 is 15.9 Å². The van der Waals surface area contributed by atoms with E-state index in [-0.39, 0.29) is 0 Å². The van der Waals surface area contributed by atoms with Gasteiger partial charge in [0.2, 0.25) is 0 Å². The summed E-state index contributed by atoms with van der Waals surface area (Å²) in [5, 5.41) is 3.63. The average molecular weight is 332 g/mol. The lowest BCUT2D eigenvalue weighted by molar-refractivity contribution is 0.415. The lowest BCUT2D eigenvalue weighted by Gasteiger charge is -2.18. The first-order chi connectivity index (χ1) is 9.69. The molecule has 0 saturated carbocycles. The first-order valence-corrected chi connectivity index (χ1v) is 7.67. The molecule has 104 valence electrons. The minimum absolute atomic E-state index is 0.360. The monoisotopic (exact) mass is 331 g/mol. The normalized spacial score (nSPS) is 16.9. The summed E-state index contributed by atoms with van der Waals surface area (Å²) >= 11 is 3.65. The highest BCUT2D eigenvalue weighted by molar-refractivity contribution is 9.10. The molecule has 1 unspecified atom stereocenters. The van der Waals surface area contributed by atoms with Gasteiger partial charge in [-0.1, -0.05) is 34.1 Å². The van der Waals surface area contributed by atoms with Crippen LogP contribution in [-0.2, 0) is 6.42 Å². The molecule has 0 amide bonds. The topological polar surface area (TPSA) is 21.3 Å². The van der Waals surface area contributed by atoms with E-state index in [2.05, 4.69) is 64.6 Å². The quantitative estimate of drug-likeness (QED) is 0.866. The summed E-state index contributed by atoms with van der Waals surface area (Å²) in [6.07, 6.45) is 2.23. The van der Waals surface area contributed by atoms with Crippen molar-refractivity contribution in [2.75, 3.05) is 12.4 Å². The summed E-state index contributed by atoms with van der Waals surface area (Å²) in [6.45, 7) is 2.08. The third-order valence-corrected chi connectivity index (χ3v) is 4.64. The minimum atomic E-state index is 0.360. The lowest BCUT2D eigenvalue weighted by Crippen LogP contribution is -2.08. The van der Waals surface area contributed by atoms with E-state index in [1.165, 1.54) is 21.2 Å². The predicted molar refractivity (Wildman–Crippen MR) is 86.6 cm³/mol. The van der Waals surface area contributed by atoms with Crippen LogP contribution in [0.4, 0.5) is 5.69 Å². The van der Waals surface area contributed by atoms with Gasteiger partial charge < -0.3 is 10.1 Å². The molecule has 0 bridgehead atoms. The summed E-state index contributed by atoms with van der Waals surface area (Å²) in [4.78, 5) is 0. The molecule has 1 N–H and O–H groups in total. The smallest absolute Gasteiger partial charge is 0.142 e. The van der Waals surface area contributed by atoms with Crippen LogP contribution in [-0.4, -0.2) is 7.11 Å². The standard InChI is InChI=1S/C17H18BrNO/c1-11-6-8-16(17(10-11)20-2)19-15-9-7-12-13(15)4-3-5-14(12)18/h3-6,8,10,15,19H,7,9H2,1-2H3. The second-order valence-electron chi connectivity index (χ2n) is 5.25. The fourth-order valence-corrected chi connectivity index (χ4v) is 3.44. The van der Waals surface area contributed by atoms with E-state index in [1.54, 1.807) is 7.11 Å². The van der Waals surface area contributed by atoms with Crippen molar-refractivity contribution in [3.8, 4) is 5.75 Å². The Hall–Kier alpha value is -1.48. The Balaban J connectivity index is 1.89. The van der Waals surface area contributed by atoms with Crippen LogP contribution in [0.25, 0.3) is 0 Å². The molecular weight excluding hydrogens is 314 g/mol. The third-order valence-electron chi connectivity index (χ3n) is 3.90. The summed E-state index contributed by atoms with van der Waals surface area (Å²) in [5.41, 5.74) is 5.09. The van der Waals surface area contributed by atoms with Gasteiger partial charge in [-0.15, -0.1) is 0 Å². The van der Waals surface area contributed by atoms with Crippen LogP contribution in [0.3, 0.4) is 0 Å². The molecule has 0 aromatic heterocycles. The zero-order chi connectivity index (χ0) is 14.1. The maximum Gasteiger partial charge on any atom is 0.142 e. The summed E-state index contributed by atoms with van der Waals surface area (Å²) < 4.78 is 6.69. The zero-order valence-electron chi connectivity index (χ0n) is 11.7. The maximum absolute atomic E-state index is 5.48. The van der Waals surface area contributed by atoms with E-state index >= 15 is 0 Å². The molecule has 20 heavy (non-hydrogen) atoms. The van der Waals surface area contributed by atoms with Crippen molar-refractivity contribution in [3.05, 3.63) is 57.6 Å². The van der Waals surface area contributed by atoms with Gasteiger partial charge in [-0.05, 0) is 54.7 Å². The molecular formula is C17H18BrNO. The minimum Gasteiger partial charge on any atom is -0.495 e. The molecule has 0 saturated heterocycles. The molecule has 0 heterocycles. The number of methoxy groups -OCH3 is 1. The van der Waals surface area contributed by atoms with E-state index in [0.717, 1.165) is 24.3 Å². The Bertz CT molecular complexity index is 639. The van der Waals surface area contributed by atoms with Gasteiger partial charge in [0, 0.05) is 4.47 Å². The maximum atomic E-state index is 5.48. The third kappa shape index (κ3) is 2.42. The van der Waals surface area contributed by atoms with Crippen molar-refractivity contribution in [3.63, 3.8) is 0 Å². The Morgan fingerprint density at radius 1 is 1.25 bits per heavy atom. The first-order valence-electron chi connectivity index (χ1n) is 6.87. The number of rotatable bonds is 3. The van der Waals surface area contributed by atoms with Gasteiger partial charge in [-0.2, -0.15) is 0 Å². The van der Waals surface area contributed by atoms with Crippen molar-refractivity contribution < 1.29 is 4.74 Å². The number of aryl methyl sites for hydroxylation is 1. The Morgan fingerprint density at radius 3 is 2.90 bits per heavy atom. The molecule has 0 radical (unpaired) electrons. The van der Waals surface area contributed by atoms with Gasteiger partial charge >= 0.3 is 0 Å². The Labute approximate surface area is 128 Å². The van der Waals surface area contributed by atoms with Gasteiger partial charge in [-0.25, -0.2) is 0 Å². The second kappa shape index (κ2) is 5.49. The molecule has 2 aromatic carbocycles. The fraction of sp³-hybridized carbons (Fsp3) is 0.294. The first kappa shape index (κ1) is 13.5. The highest BCUT2D eigenvalue weighted by atomic mass is 79.9. The molecule has 0 fully saturated rings. The highest BCUT2D eigenvalue weighted by Crippen LogP contribution is 2.39. The second-order valence-corrected chi connectivity index (χ2v) is 6.10. The van der Waals surface area contributed by atoms with E-state index in [0.29, 0.717) is 6.04 Å². The number of fused-ring (bicyclic) bond motifs is 1. The number of ether oxygens (including phenoxy) is 1. The molecule has 1 aliphatic carbocycles. The molecule has 3 heteroatoms. The molecule has 0 spiro atoms. The summed E-state index contributed by atoms with van der Waals surface area (Å²) in [5.74, 6) is 0.911. The number of benzene rings is 2. The number of halogens is 1. The van der Waals surface area contributed by atoms with E-state index < -0.39 is 0 Å². The highest BCUT2D eigenvalue weighted by Gasteiger charge is 2.24. The molecule has 2 aromatic rings. The Kier molecular flexibility index (Phi) is 3.70. The SMILES string of the molecule is COc1cc(C)ccc1NC1CCc2c(Br)cccc21. The number of anilines is 1. The van der Waals surface area contributed by atoms with Crippen molar-refractivity contribution in [2.24, 2.45) is 0 Å². The largest absolute Gasteiger partial charge is 0.495 e. The van der Waals surface area contributed by atoms with Crippen LogP contribution in [0.15, 0.2) is 40.9 Å². The lowest BCUT2D eigenvalue weighted by atomic mass is 10.1. The van der Waals surface area contributed by atoms with Crippen LogP contribution in [0.5, 0.6) is 5.75 Å². The van der Waals surface area contributed by atoms with Gasteiger partial charge in [0.05, 0.1) is 18.8 Å². The van der Waals surface area contributed by atoms with Gasteiger partial charge in [0.15, 0.2) is 0 Å². The van der Waals surface area contributed by atoms with Crippen LogP contribution < -0.4 is 10.1 Å². The van der Waals surface area contributed by atoms with Crippen molar-refractivity contribution >= 4 is 21.6 Å². The van der Waals surface area contributed by atoms with Gasteiger partial charge in [0.25, 0.3) is 0 Å². The molecule has 2 nitrogen and oxygen atoms in total. The summed E-state index contributed by atoms with van der Waals surface area (Å²) in [7, 11) is 1.72. The van der Waals surface area contributed by atoms with Crippen molar-refractivity contribution in [2.45, 2.75) is 25.8 Å². The average Bonchev–Trinajstić information content (AvgIpc) is 2.85. The van der Waals surface area contributed by atoms with Gasteiger partial charge in [0.1, 0.15) is 5.75 Å². The van der Waals surface area contributed by atoms with E-state index in [4.69, 9.17) is 4.74 Å². The predicted octanol–water partition coefficient (Wildman–Crippen LogP) is 4.87. The molecule has 0 aliphatic heterocycles. The van der Waals surface area contributed by atoms with Crippen LogP contribution in [0.1, 0.15) is 29.2 Å². The zero-order valence-corrected chi connectivity index (χ0v) is 13.3. The van der Waals surface area contributed by atoms with Crippen molar-refractivity contribution in [1.82, 2.24) is 0 Å². The Morgan fingerprint density at radius 2 is 2.10 bits per heavy atom. The molecule has 3 rings (SSSR count). The van der Waals surface area contributed by atoms with Crippen LogP contribution in [0.2, 0.25) is 0 Å². The van der Waals surface area contributed by atoms with E-state index in [1.807, 2.05) is 0 Å². The number of nitrogens with one attached hydrogen (secondary N) is 1. The summed E-state index contributed by atoms with van der Waals surface area (Å²) in [6, 6.07) is 13.1. The molecule has 1 atom stereocenters. The molecule has 1 aliphatic rings. The number of hydrogen-bond acceptors (Lipinski definition) is 2. The van der Waals surface area contributed by atoms with Crippen LogP contribution in [0, 0.1) is 6.92 Å². The number of hydrogen-bond donors (Lipinski definition) is 1. The van der Waals surface area contributed by atoms with Crippen molar-refractivity contribution in [1.29, 1.82) is 0 Å². The van der Waals surface area contributed by atoms with E-state index in [9.17, 15) is 0 Å². The fourth-order valence-electron chi connectivity index (χ4n) is 2.87.